The van der Waals surface area contributed by atoms with Crippen LogP contribution in [-0.4, -0.2) is 52.9 Å². The van der Waals surface area contributed by atoms with Gasteiger partial charge in [-0.25, -0.2) is 9.97 Å². The molecule has 1 aromatic carbocycles. The monoisotopic (exact) mass is 442 g/mol. The van der Waals surface area contributed by atoms with E-state index < -0.39 is 0 Å². The summed E-state index contributed by atoms with van der Waals surface area (Å²) in [5, 5.41) is 3.51. The van der Waals surface area contributed by atoms with Gasteiger partial charge in [0, 0.05) is 47.0 Å². The Morgan fingerprint density at radius 1 is 1.19 bits per heavy atom. The number of aromatic nitrogens is 2. The zero-order chi connectivity index (χ0) is 22.1. The van der Waals surface area contributed by atoms with Crippen LogP contribution in [0, 0.1) is 13.8 Å². The van der Waals surface area contributed by atoms with E-state index in [2.05, 4.69) is 5.32 Å². The molecule has 2 fully saturated rings. The van der Waals surface area contributed by atoms with E-state index in [-0.39, 0.29) is 17.7 Å². The van der Waals surface area contributed by atoms with Crippen molar-refractivity contribution < 1.29 is 14.3 Å². The molecule has 1 aliphatic carbocycles. The summed E-state index contributed by atoms with van der Waals surface area (Å²) in [7, 11) is 1.54. The Labute approximate surface area is 187 Å². The number of nitrogens with zero attached hydrogens (tertiary/aromatic N) is 3. The lowest BCUT2D eigenvalue weighted by atomic mass is 10.0. The van der Waals surface area contributed by atoms with E-state index in [1.807, 2.05) is 13.8 Å². The summed E-state index contributed by atoms with van der Waals surface area (Å²) in [6.45, 7) is 5.00. The molecular weight excluding hydrogens is 416 g/mol. The highest BCUT2D eigenvalue weighted by Gasteiger charge is 2.32. The van der Waals surface area contributed by atoms with E-state index in [1.165, 1.54) is 0 Å². The maximum absolute atomic E-state index is 13.1. The van der Waals surface area contributed by atoms with Crippen molar-refractivity contribution in [3.05, 3.63) is 51.6 Å². The molecular formula is C23H27ClN4O3. The number of nitrogens with one attached hydrogen (secondary N) is 1. The number of benzene rings is 1. The maximum atomic E-state index is 13.1. The van der Waals surface area contributed by atoms with Crippen molar-refractivity contribution in [1.82, 2.24) is 20.2 Å². The standard InChI is InChI=1S/C23H27ClN4O3/c1-13-18(11-21(29)27-17-5-6-17)14(2)26-22(25-13)15-8-9-28(12-15)23(30)19-10-16(24)4-7-20(19)31-3/h4,7,10,15,17H,5-6,8-9,11-12H2,1-3H3,(H,27,29)/t15-/m0/s1. The minimum Gasteiger partial charge on any atom is -0.496 e. The van der Waals surface area contributed by atoms with Crippen molar-refractivity contribution >= 4 is 23.4 Å². The minimum atomic E-state index is -0.108. The van der Waals surface area contributed by atoms with Crippen LogP contribution in [0.4, 0.5) is 0 Å². The van der Waals surface area contributed by atoms with Crippen molar-refractivity contribution in [3.63, 3.8) is 0 Å². The largest absolute Gasteiger partial charge is 0.496 e. The van der Waals surface area contributed by atoms with Crippen molar-refractivity contribution in [2.75, 3.05) is 20.2 Å². The van der Waals surface area contributed by atoms with Crippen LogP contribution in [0.3, 0.4) is 0 Å². The first-order chi connectivity index (χ1) is 14.9. The van der Waals surface area contributed by atoms with Gasteiger partial charge < -0.3 is 15.0 Å². The Hall–Kier alpha value is -2.67. The summed E-state index contributed by atoms with van der Waals surface area (Å²) in [4.78, 5) is 36.5. The van der Waals surface area contributed by atoms with Gasteiger partial charge in [-0.15, -0.1) is 0 Å². The quantitative estimate of drug-likeness (QED) is 0.742. The summed E-state index contributed by atoms with van der Waals surface area (Å²) in [6.07, 6.45) is 3.22. The fourth-order valence-electron chi connectivity index (χ4n) is 4.04. The second kappa shape index (κ2) is 8.83. The second-order valence-corrected chi connectivity index (χ2v) is 8.77. The number of carbonyl (C=O) groups excluding carboxylic acids is 2. The van der Waals surface area contributed by atoms with Crippen LogP contribution in [-0.2, 0) is 11.2 Å². The Morgan fingerprint density at radius 3 is 2.55 bits per heavy atom. The first kappa shape index (κ1) is 21.6. The lowest BCUT2D eigenvalue weighted by Crippen LogP contribution is -2.29. The second-order valence-electron chi connectivity index (χ2n) is 8.33. The van der Waals surface area contributed by atoms with Gasteiger partial charge in [0.25, 0.3) is 5.91 Å². The molecule has 0 bridgehead atoms. The first-order valence-corrected chi connectivity index (χ1v) is 11.0. The van der Waals surface area contributed by atoms with Crippen LogP contribution >= 0.6 is 11.6 Å². The molecule has 7 nitrogen and oxygen atoms in total. The molecule has 164 valence electrons. The molecule has 2 aliphatic rings. The smallest absolute Gasteiger partial charge is 0.257 e. The topological polar surface area (TPSA) is 84.4 Å². The Kier molecular flexibility index (Phi) is 6.14. The molecule has 2 aromatic rings. The molecule has 0 unspecified atom stereocenters. The van der Waals surface area contributed by atoms with E-state index in [1.54, 1.807) is 30.2 Å². The number of rotatable bonds is 6. The summed E-state index contributed by atoms with van der Waals surface area (Å²) in [6, 6.07) is 5.39. The Balaban J connectivity index is 1.47. The SMILES string of the molecule is COc1ccc(Cl)cc1C(=O)N1CC[C@H](c2nc(C)c(CC(=O)NC3CC3)c(C)n2)C1. The average Bonchev–Trinajstić information content (AvgIpc) is 3.41. The fourth-order valence-corrected chi connectivity index (χ4v) is 4.22. The van der Waals surface area contributed by atoms with E-state index in [4.69, 9.17) is 26.3 Å². The van der Waals surface area contributed by atoms with E-state index in [0.29, 0.717) is 41.9 Å². The molecule has 1 N–H and O–H groups in total. The van der Waals surface area contributed by atoms with Crippen LogP contribution in [0.25, 0.3) is 0 Å². The maximum Gasteiger partial charge on any atom is 0.257 e. The molecule has 4 rings (SSSR count). The number of aryl methyl sites for hydroxylation is 2. The predicted octanol–water partition coefficient (Wildman–Crippen LogP) is 3.21. The molecule has 31 heavy (non-hydrogen) atoms. The number of ether oxygens (including phenoxy) is 1. The van der Waals surface area contributed by atoms with Gasteiger partial charge in [-0.05, 0) is 51.3 Å². The molecule has 0 spiro atoms. The van der Waals surface area contributed by atoms with Gasteiger partial charge in [0.2, 0.25) is 5.91 Å². The summed E-state index contributed by atoms with van der Waals surface area (Å²) in [5.74, 6) is 1.21. The number of hydrogen-bond acceptors (Lipinski definition) is 5. The summed E-state index contributed by atoms with van der Waals surface area (Å²) in [5.41, 5.74) is 3.00. The third-order valence-corrected chi connectivity index (χ3v) is 6.19. The Morgan fingerprint density at radius 2 is 1.90 bits per heavy atom. The number of likely N-dealkylation sites (tertiary alicyclic amines) is 1. The molecule has 8 heteroatoms. The molecule has 1 saturated carbocycles. The van der Waals surface area contributed by atoms with Crippen molar-refractivity contribution in [1.29, 1.82) is 0 Å². The number of hydrogen-bond donors (Lipinski definition) is 1. The molecule has 2 amide bonds. The van der Waals surface area contributed by atoms with Gasteiger partial charge in [-0.2, -0.15) is 0 Å². The van der Waals surface area contributed by atoms with Crippen LogP contribution in [0.15, 0.2) is 18.2 Å². The molecule has 2 heterocycles. The molecule has 1 aromatic heterocycles. The highest BCUT2D eigenvalue weighted by molar-refractivity contribution is 6.31. The molecule has 1 aliphatic heterocycles. The van der Waals surface area contributed by atoms with E-state index in [9.17, 15) is 9.59 Å². The molecule has 1 atom stereocenters. The van der Waals surface area contributed by atoms with Crippen molar-refractivity contribution in [2.24, 2.45) is 0 Å². The summed E-state index contributed by atoms with van der Waals surface area (Å²) < 4.78 is 5.33. The van der Waals surface area contributed by atoms with Gasteiger partial charge in [0.15, 0.2) is 0 Å². The first-order valence-electron chi connectivity index (χ1n) is 10.6. The number of carbonyl (C=O) groups is 2. The van der Waals surface area contributed by atoms with Gasteiger partial charge >= 0.3 is 0 Å². The van der Waals surface area contributed by atoms with Crippen LogP contribution in [0.2, 0.25) is 5.02 Å². The predicted molar refractivity (Wildman–Crippen MR) is 118 cm³/mol. The normalized spacial score (nSPS) is 18.2. The van der Waals surface area contributed by atoms with Crippen LogP contribution in [0.1, 0.15) is 58.3 Å². The van der Waals surface area contributed by atoms with Crippen LogP contribution in [0.5, 0.6) is 5.75 Å². The summed E-state index contributed by atoms with van der Waals surface area (Å²) >= 11 is 6.09. The number of amides is 2. The van der Waals surface area contributed by atoms with Crippen molar-refractivity contribution in [2.45, 2.75) is 51.5 Å². The van der Waals surface area contributed by atoms with Crippen molar-refractivity contribution in [3.8, 4) is 5.75 Å². The third-order valence-electron chi connectivity index (χ3n) is 5.95. The molecule has 1 saturated heterocycles. The number of halogens is 1. The van der Waals surface area contributed by atoms with Crippen LogP contribution < -0.4 is 10.1 Å². The van der Waals surface area contributed by atoms with E-state index in [0.717, 1.165) is 42.0 Å². The number of methoxy groups -OCH3 is 1. The highest BCUT2D eigenvalue weighted by Crippen LogP contribution is 2.30. The molecule has 0 radical (unpaired) electrons. The minimum absolute atomic E-state index is 0.0261. The lowest BCUT2D eigenvalue weighted by Gasteiger charge is -2.19. The third kappa shape index (κ3) is 4.82. The zero-order valence-corrected chi connectivity index (χ0v) is 18.8. The zero-order valence-electron chi connectivity index (χ0n) is 18.1. The van der Waals surface area contributed by atoms with Gasteiger partial charge in [0.05, 0.1) is 19.1 Å². The average molecular weight is 443 g/mol. The fraction of sp³-hybridized carbons (Fsp3) is 0.478. The van der Waals surface area contributed by atoms with Gasteiger partial charge in [0.1, 0.15) is 11.6 Å². The van der Waals surface area contributed by atoms with Gasteiger partial charge in [-0.3, -0.25) is 9.59 Å². The highest BCUT2D eigenvalue weighted by atomic mass is 35.5. The van der Waals surface area contributed by atoms with Gasteiger partial charge in [-0.1, -0.05) is 11.6 Å². The lowest BCUT2D eigenvalue weighted by molar-refractivity contribution is -0.120. The van der Waals surface area contributed by atoms with E-state index >= 15 is 0 Å². The Bertz CT molecular complexity index is 999.